The Labute approximate surface area is 462 Å². The van der Waals surface area contributed by atoms with Gasteiger partial charge in [-0.2, -0.15) is 0 Å². The highest BCUT2D eigenvalue weighted by Gasteiger charge is 2.22. The van der Waals surface area contributed by atoms with Crippen molar-refractivity contribution in [2.45, 2.75) is 283 Å². The topological polar surface area (TPSA) is 111 Å². The van der Waals surface area contributed by atoms with Crippen molar-refractivity contribution in [3.8, 4) is 0 Å². The van der Waals surface area contributed by atoms with E-state index in [-0.39, 0.29) is 38.6 Å². The zero-order valence-corrected chi connectivity index (χ0v) is 49.4. The number of likely N-dealkylation sites (N-methyl/N-ethyl adjacent to an activating group) is 1. The van der Waals surface area contributed by atoms with Gasteiger partial charge in [-0.1, -0.05) is 241 Å². The minimum atomic E-state index is -1.63. The second-order valence-electron chi connectivity index (χ2n) is 22.0. The van der Waals surface area contributed by atoms with E-state index in [9.17, 15) is 19.5 Å². The number of allylic oxidation sites excluding steroid dienone is 12. The third-order valence-electron chi connectivity index (χ3n) is 13.4. The van der Waals surface area contributed by atoms with Crippen LogP contribution in [0, 0.1) is 0 Å². The van der Waals surface area contributed by atoms with E-state index < -0.39 is 24.3 Å². The van der Waals surface area contributed by atoms with E-state index in [1.807, 2.05) is 21.1 Å². The van der Waals surface area contributed by atoms with Gasteiger partial charge in [-0.25, -0.2) is 0 Å². The summed E-state index contributed by atoms with van der Waals surface area (Å²) in [6, 6.07) is 0. The van der Waals surface area contributed by atoms with Crippen molar-refractivity contribution in [2.75, 3.05) is 47.5 Å². The number of esters is 2. The zero-order valence-electron chi connectivity index (χ0n) is 49.4. The van der Waals surface area contributed by atoms with Gasteiger partial charge in [-0.15, -0.1) is 0 Å². The fourth-order valence-corrected chi connectivity index (χ4v) is 8.61. The van der Waals surface area contributed by atoms with Gasteiger partial charge in [0, 0.05) is 12.8 Å². The van der Waals surface area contributed by atoms with Gasteiger partial charge in [0.1, 0.15) is 13.2 Å². The van der Waals surface area contributed by atoms with E-state index in [2.05, 4.69) is 86.8 Å². The SMILES string of the molecule is CCCCCCC/C=C\C/C=C\C/C=C\CCCCCCCCCCCCCCC(=O)OC(COC(=O)CCCCCCCCCC/C=C\C/C=C\C/C=C\CCCCCCC)COC(OCC[N+](C)(C)C)C(=O)[O-]. The molecule has 0 aromatic heterocycles. The lowest BCUT2D eigenvalue weighted by molar-refractivity contribution is -0.870. The summed E-state index contributed by atoms with van der Waals surface area (Å²) in [4.78, 5) is 37.4. The van der Waals surface area contributed by atoms with Crippen molar-refractivity contribution in [3.05, 3.63) is 72.9 Å². The number of ether oxygens (including phenoxy) is 4. The maximum atomic E-state index is 12.9. The van der Waals surface area contributed by atoms with E-state index in [1.54, 1.807) is 0 Å². The maximum absolute atomic E-state index is 12.9. The Kier molecular flexibility index (Phi) is 54.4. The molecule has 0 amide bonds. The molecule has 0 spiro atoms. The van der Waals surface area contributed by atoms with Gasteiger partial charge in [-0.3, -0.25) is 9.59 Å². The summed E-state index contributed by atoms with van der Waals surface area (Å²) < 4.78 is 22.7. The third-order valence-corrected chi connectivity index (χ3v) is 13.4. The summed E-state index contributed by atoms with van der Waals surface area (Å²) in [5.41, 5.74) is 0. The molecule has 0 rings (SSSR count). The molecule has 434 valence electrons. The number of hydrogen-bond acceptors (Lipinski definition) is 8. The first-order valence-corrected chi connectivity index (χ1v) is 31.1. The molecule has 0 fully saturated rings. The van der Waals surface area contributed by atoms with Crippen molar-refractivity contribution in [2.24, 2.45) is 0 Å². The van der Waals surface area contributed by atoms with Crippen LogP contribution in [-0.2, 0) is 33.3 Å². The minimum absolute atomic E-state index is 0.144. The number of quaternary nitrogens is 1. The number of nitrogens with zero attached hydrogens (tertiary/aromatic N) is 1. The first-order chi connectivity index (χ1) is 36.6. The van der Waals surface area contributed by atoms with Crippen LogP contribution in [0.5, 0.6) is 0 Å². The number of carboxylic acid groups (broad SMARTS) is 1. The molecule has 0 heterocycles. The number of unbranched alkanes of at least 4 members (excludes halogenated alkanes) is 30. The minimum Gasteiger partial charge on any atom is -0.545 e. The highest BCUT2D eigenvalue weighted by molar-refractivity contribution is 5.70. The molecule has 0 saturated heterocycles. The number of carboxylic acids is 1. The molecular formula is C66H117NO8. The zero-order chi connectivity index (χ0) is 54.8. The molecule has 0 aromatic rings. The van der Waals surface area contributed by atoms with Crippen molar-refractivity contribution < 1.29 is 42.9 Å². The van der Waals surface area contributed by atoms with Gasteiger partial charge in [0.25, 0.3) is 0 Å². The molecule has 9 nitrogen and oxygen atoms in total. The summed E-state index contributed by atoms with van der Waals surface area (Å²) in [5, 5.41) is 11.8. The van der Waals surface area contributed by atoms with Crippen LogP contribution < -0.4 is 5.11 Å². The van der Waals surface area contributed by atoms with Crippen LogP contribution in [0.4, 0.5) is 0 Å². The normalized spacial score (nSPS) is 13.2. The Morgan fingerprint density at radius 3 is 1.07 bits per heavy atom. The smallest absolute Gasteiger partial charge is 0.306 e. The lowest BCUT2D eigenvalue weighted by atomic mass is 10.0. The first kappa shape index (κ1) is 71.7. The van der Waals surface area contributed by atoms with E-state index in [0.717, 1.165) is 77.0 Å². The Morgan fingerprint density at radius 2 is 0.720 bits per heavy atom. The predicted octanol–water partition coefficient (Wildman–Crippen LogP) is 17.2. The molecule has 2 unspecified atom stereocenters. The number of aliphatic carboxylic acids is 1. The van der Waals surface area contributed by atoms with Crippen LogP contribution in [0.2, 0.25) is 0 Å². The quantitative estimate of drug-likeness (QED) is 0.0195. The molecule has 75 heavy (non-hydrogen) atoms. The lowest BCUT2D eigenvalue weighted by Crippen LogP contribution is -2.44. The number of rotatable bonds is 57. The molecule has 2 atom stereocenters. The molecule has 0 saturated carbocycles. The lowest BCUT2D eigenvalue weighted by Gasteiger charge is -2.26. The highest BCUT2D eigenvalue weighted by atomic mass is 16.7. The number of carbonyl (C=O) groups is 3. The Balaban J connectivity index is 4.23. The summed E-state index contributed by atoms with van der Waals surface area (Å²) in [6.45, 7) is 4.73. The molecule has 0 aliphatic heterocycles. The number of hydrogen-bond donors (Lipinski definition) is 0. The van der Waals surface area contributed by atoms with E-state index in [4.69, 9.17) is 18.9 Å². The van der Waals surface area contributed by atoms with Crippen molar-refractivity contribution in [1.29, 1.82) is 0 Å². The van der Waals surface area contributed by atoms with Crippen molar-refractivity contribution in [3.63, 3.8) is 0 Å². The first-order valence-electron chi connectivity index (χ1n) is 31.1. The summed E-state index contributed by atoms with van der Waals surface area (Å²) in [7, 11) is 5.92. The van der Waals surface area contributed by atoms with Gasteiger partial charge >= 0.3 is 11.9 Å². The van der Waals surface area contributed by atoms with E-state index >= 15 is 0 Å². The second kappa shape index (κ2) is 56.9. The molecule has 0 bridgehead atoms. The van der Waals surface area contributed by atoms with Gasteiger partial charge in [-0.05, 0) is 89.9 Å². The second-order valence-corrected chi connectivity index (χ2v) is 22.0. The monoisotopic (exact) mass is 1050 g/mol. The van der Waals surface area contributed by atoms with E-state index in [0.29, 0.717) is 17.4 Å². The third kappa shape index (κ3) is 58.3. The standard InChI is InChI=1S/C66H117NO8/c1-6-8-10-12-14-16-18-20-22-24-26-28-30-31-32-33-35-37-39-41-43-45-47-49-51-53-55-57-64(69)75-62(61-74-66(65(70)71)72-59-58-67(3,4)5)60-73-63(68)56-54-52-50-48-46-44-42-40-38-36-34-29-27-25-23-21-19-17-15-13-11-9-7-2/h18-21,24-27,30-31,34,36,62,66H,6-17,22-23,28-29,32-33,35,37-61H2,1-5H3/b20-18-,21-19-,26-24-,27-25-,31-30-,36-34-. The Morgan fingerprint density at radius 1 is 0.400 bits per heavy atom. The molecule has 9 heteroatoms. The fraction of sp³-hybridized carbons (Fsp3) is 0.773. The van der Waals surface area contributed by atoms with Crippen LogP contribution in [0.15, 0.2) is 72.9 Å². The maximum Gasteiger partial charge on any atom is 0.306 e. The largest absolute Gasteiger partial charge is 0.545 e. The predicted molar refractivity (Wildman–Crippen MR) is 315 cm³/mol. The van der Waals surface area contributed by atoms with Crippen LogP contribution >= 0.6 is 0 Å². The summed E-state index contributed by atoms with van der Waals surface area (Å²) in [5.74, 6) is -2.29. The molecule has 0 radical (unpaired) electrons. The van der Waals surface area contributed by atoms with Crippen LogP contribution in [0.1, 0.15) is 271 Å². The average Bonchev–Trinajstić information content (AvgIpc) is 3.38. The van der Waals surface area contributed by atoms with Gasteiger partial charge in [0.15, 0.2) is 12.4 Å². The van der Waals surface area contributed by atoms with Gasteiger partial charge in [0.05, 0.1) is 40.3 Å². The molecule has 0 aliphatic carbocycles. The van der Waals surface area contributed by atoms with Gasteiger partial charge < -0.3 is 33.3 Å². The van der Waals surface area contributed by atoms with Crippen molar-refractivity contribution >= 4 is 17.9 Å². The molecule has 0 aromatic carbocycles. The summed E-state index contributed by atoms with van der Waals surface area (Å²) in [6.07, 6.45) is 70.9. The number of carbonyl (C=O) groups excluding carboxylic acids is 3. The molecular weight excluding hydrogens is 935 g/mol. The van der Waals surface area contributed by atoms with E-state index in [1.165, 1.54) is 161 Å². The van der Waals surface area contributed by atoms with Crippen LogP contribution in [-0.4, -0.2) is 82.3 Å². The Hall–Kier alpha value is -3.27. The van der Waals surface area contributed by atoms with Crippen LogP contribution in [0.25, 0.3) is 0 Å². The Bertz CT molecular complexity index is 1460. The van der Waals surface area contributed by atoms with Crippen molar-refractivity contribution in [1.82, 2.24) is 0 Å². The molecule has 0 N–H and O–H groups in total. The average molecular weight is 1050 g/mol. The van der Waals surface area contributed by atoms with Gasteiger partial charge in [0.2, 0.25) is 0 Å². The summed E-state index contributed by atoms with van der Waals surface area (Å²) >= 11 is 0. The van der Waals surface area contributed by atoms with Crippen LogP contribution in [0.3, 0.4) is 0 Å². The fourth-order valence-electron chi connectivity index (χ4n) is 8.61. The molecule has 0 aliphatic rings. The highest BCUT2D eigenvalue weighted by Crippen LogP contribution is 2.16.